The molecule has 0 unspecified atom stereocenters. The minimum absolute atomic E-state index is 0.202. The Balaban J connectivity index is 2.30. The third kappa shape index (κ3) is 2.51. The molecule has 1 aromatic carbocycles. The van der Waals surface area contributed by atoms with Gasteiger partial charge in [-0.2, -0.15) is 0 Å². The van der Waals surface area contributed by atoms with E-state index >= 15 is 0 Å². The topological polar surface area (TPSA) is 25.8 Å². The molecular weight excluding hydrogens is 203 g/mol. The number of hydrogen-bond donors (Lipinski definition) is 0. The molecule has 16 heavy (non-hydrogen) atoms. The van der Waals surface area contributed by atoms with Crippen molar-refractivity contribution in [2.45, 2.75) is 6.92 Å². The molecule has 2 aromatic rings. The number of hydrogen-bond acceptors (Lipinski definition) is 2. The Morgan fingerprint density at radius 1 is 1.19 bits per heavy atom. The number of rotatable bonds is 2. The van der Waals surface area contributed by atoms with Crippen LogP contribution in [0.2, 0.25) is 0 Å². The van der Waals surface area contributed by atoms with E-state index in [1.807, 2.05) is 24.3 Å². The molecule has 0 aliphatic heterocycles. The van der Waals surface area contributed by atoms with Gasteiger partial charge in [-0.1, -0.05) is 24.3 Å². The van der Waals surface area contributed by atoms with Gasteiger partial charge in [0.15, 0.2) is 0 Å². The summed E-state index contributed by atoms with van der Waals surface area (Å²) in [6.07, 6.45) is 6.47. The van der Waals surface area contributed by atoms with Crippen LogP contribution in [0.5, 0.6) is 0 Å². The van der Waals surface area contributed by atoms with Gasteiger partial charge in [0.25, 0.3) is 0 Å². The Kier molecular flexibility index (Phi) is 3.05. The maximum atomic E-state index is 12.6. The van der Waals surface area contributed by atoms with Crippen molar-refractivity contribution in [3.63, 3.8) is 0 Å². The first-order valence-electron chi connectivity index (χ1n) is 4.96. The van der Waals surface area contributed by atoms with E-state index in [1.54, 1.807) is 18.6 Å². The Hall–Kier alpha value is -2.03. The van der Waals surface area contributed by atoms with E-state index in [-0.39, 0.29) is 5.83 Å². The number of benzene rings is 1. The van der Waals surface area contributed by atoms with Gasteiger partial charge in [-0.3, -0.25) is 9.97 Å². The summed E-state index contributed by atoms with van der Waals surface area (Å²) in [5.41, 5.74) is 2.63. The number of allylic oxidation sites excluding steroid dienone is 1. The van der Waals surface area contributed by atoms with Crippen LogP contribution in [0.4, 0.5) is 4.39 Å². The first kappa shape index (κ1) is 10.5. The summed E-state index contributed by atoms with van der Waals surface area (Å²) in [6.45, 7) is 1.43. The Labute approximate surface area is 93.5 Å². The maximum Gasteiger partial charge on any atom is 0.0974 e. The highest BCUT2D eigenvalue weighted by atomic mass is 19.1. The van der Waals surface area contributed by atoms with Crippen molar-refractivity contribution in [2.24, 2.45) is 0 Å². The van der Waals surface area contributed by atoms with Gasteiger partial charge < -0.3 is 0 Å². The maximum absolute atomic E-state index is 12.6. The lowest BCUT2D eigenvalue weighted by Crippen LogP contribution is -1.84. The zero-order valence-corrected chi connectivity index (χ0v) is 8.89. The van der Waals surface area contributed by atoms with E-state index in [0.717, 1.165) is 16.8 Å². The van der Waals surface area contributed by atoms with Crippen LogP contribution in [0.1, 0.15) is 12.5 Å². The highest BCUT2D eigenvalue weighted by molar-refractivity contribution is 5.61. The second-order valence-electron chi connectivity index (χ2n) is 3.44. The fourth-order valence-corrected chi connectivity index (χ4v) is 1.43. The van der Waals surface area contributed by atoms with Crippen molar-refractivity contribution in [3.8, 4) is 11.3 Å². The van der Waals surface area contributed by atoms with Crippen molar-refractivity contribution >= 4 is 6.08 Å². The first-order valence-corrected chi connectivity index (χ1v) is 4.96. The Morgan fingerprint density at radius 2 is 1.94 bits per heavy atom. The lowest BCUT2D eigenvalue weighted by atomic mass is 10.1. The van der Waals surface area contributed by atoms with Crippen LogP contribution < -0.4 is 0 Å². The summed E-state index contributed by atoms with van der Waals surface area (Å²) >= 11 is 0. The fraction of sp³-hybridized carbons (Fsp3) is 0.0769. The molecule has 0 radical (unpaired) electrons. The molecule has 1 heterocycles. The van der Waals surface area contributed by atoms with E-state index < -0.39 is 0 Å². The normalized spacial score (nSPS) is 11.5. The molecule has 0 bridgehead atoms. The quantitative estimate of drug-likeness (QED) is 0.764. The van der Waals surface area contributed by atoms with Crippen LogP contribution >= 0.6 is 0 Å². The van der Waals surface area contributed by atoms with E-state index in [0.29, 0.717) is 0 Å². The third-order valence-corrected chi connectivity index (χ3v) is 2.14. The highest BCUT2D eigenvalue weighted by Crippen LogP contribution is 2.17. The summed E-state index contributed by atoms with van der Waals surface area (Å²) in [5, 5.41) is 0. The van der Waals surface area contributed by atoms with Crippen LogP contribution in [0.15, 0.2) is 48.7 Å². The zero-order chi connectivity index (χ0) is 11.4. The first-order chi connectivity index (χ1) is 7.75. The number of aromatic nitrogens is 2. The van der Waals surface area contributed by atoms with Gasteiger partial charge in [0.2, 0.25) is 0 Å². The molecule has 0 N–H and O–H groups in total. The average molecular weight is 214 g/mol. The predicted octanol–water partition coefficient (Wildman–Crippen LogP) is 3.47. The Morgan fingerprint density at radius 3 is 2.50 bits per heavy atom. The minimum Gasteiger partial charge on any atom is -0.261 e. The number of halogens is 1. The van der Waals surface area contributed by atoms with Crippen molar-refractivity contribution < 1.29 is 4.39 Å². The molecule has 0 fully saturated rings. The van der Waals surface area contributed by atoms with Crippen LogP contribution in [0.3, 0.4) is 0 Å². The molecule has 0 saturated carbocycles. The monoisotopic (exact) mass is 214 g/mol. The molecule has 0 saturated heterocycles. The van der Waals surface area contributed by atoms with Gasteiger partial charge in [-0.25, -0.2) is 4.39 Å². The summed E-state index contributed by atoms with van der Waals surface area (Å²) < 4.78 is 12.6. The summed E-state index contributed by atoms with van der Waals surface area (Å²) in [7, 11) is 0. The molecule has 0 atom stereocenters. The van der Waals surface area contributed by atoms with Crippen molar-refractivity contribution in [2.75, 3.05) is 0 Å². The van der Waals surface area contributed by atoms with Gasteiger partial charge in [-0.05, 0) is 18.6 Å². The van der Waals surface area contributed by atoms with Crippen LogP contribution in [0.25, 0.3) is 17.3 Å². The molecular formula is C13H11FN2. The van der Waals surface area contributed by atoms with Gasteiger partial charge in [-0.15, -0.1) is 0 Å². The van der Waals surface area contributed by atoms with Gasteiger partial charge in [0.05, 0.1) is 17.7 Å². The van der Waals surface area contributed by atoms with E-state index in [1.165, 1.54) is 13.0 Å². The summed E-state index contributed by atoms with van der Waals surface area (Å²) in [5.74, 6) is -0.202. The molecule has 2 nitrogen and oxygen atoms in total. The largest absolute Gasteiger partial charge is 0.261 e. The van der Waals surface area contributed by atoms with Crippen LogP contribution in [0, 0.1) is 0 Å². The molecule has 3 heteroatoms. The summed E-state index contributed by atoms with van der Waals surface area (Å²) in [4.78, 5) is 8.19. The minimum atomic E-state index is -0.202. The molecule has 1 aromatic heterocycles. The SMILES string of the molecule is C/C(F)=C\c1ccc(-c2cnccn2)cc1. The standard InChI is InChI=1S/C13H11FN2/c1-10(14)8-11-2-4-12(5-3-11)13-9-15-6-7-16-13/h2-9H,1H3/b10-8+. The Bertz CT molecular complexity index is 485. The third-order valence-electron chi connectivity index (χ3n) is 2.14. The average Bonchev–Trinajstić information content (AvgIpc) is 2.30. The smallest absolute Gasteiger partial charge is 0.0974 e. The fourth-order valence-electron chi connectivity index (χ4n) is 1.43. The molecule has 0 aliphatic carbocycles. The molecule has 2 rings (SSSR count). The second-order valence-corrected chi connectivity index (χ2v) is 3.44. The lowest BCUT2D eigenvalue weighted by molar-refractivity contribution is 0.648. The van der Waals surface area contributed by atoms with E-state index in [4.69, 9.17) is 0 Å². The summed E-state index contributed by atoms with van der Waals surface area (Å²) in [6, 6.07) is 7.51. The molecule has 80 valence electrons. The highest BCUT2D eigenvalue weighted by Gasteiger charge is 1.98. The zero-order valence-electron chi connectivity index (χ0n) is 8.89. The predicted molar refractivity (Wildman–Crippen MR) is 62.2 cm³/mol. The van der Waals surface area contributed by atoms with Crippen LogP contribution in [-0.2, 0) is 0 Å². The second kappa shape index (κ2) is 4.66. The van der Waals surface area contributed by atoms with E-state index in [2.05, 4.69) is 9.97 Å². The van der Waals surface area contributed by atoms with Crippen LogP contribution in [-0.4, -0.2) is 9.97 Å². The number of nitrogens with zero attached hydrogens (tertiary/aromatic N) is 2. The van der Waals surface area contributed by atoms with Gasteiger partial charge in [0, 0.05) is 18.0 Å². The molecule has 0 amide bonds. The van der Waals surface area contributed by atoms with Crippen molar-refractivity contribution in [1.82, 2.24) is 9.97 Å². The van der Waals surface area contributed by atoms with Crippen molar-refractivity contribution in [3.05, 3.63) is 54.2 Å². The molecule has 0 aliphatic rings. The lowest BCUT2D eigenvalue weighted by Gasteiger charge is -2.00. The molecule has 0 spiro atoms. The van der Waals surface area contributed by atoms with Crippen molar-refractivity contribution in [1.29, 1.82) is 0 Å². The van der Waals surface area contributed by atoms with E-state index in [9.17, 15) is 4.39 Å². The van der Waals surface area contributed by atoms with Gasteiger partial charge in [0.1, 0.15) is 0 Å². The van der Waals surface area contributed by atoms with Gasteiger partial charge >= 0.3 is 0 Å².